The number of carbonyl (C=O) groups excluding carboxylic acids is 1. The van der Waals surface area contributed by atoms with Crippen LogP contribution in [0.3, 0.4) is 0 Å². The molecule has 3 heteroatoms. The Kier molecular flexibility index (Phi) is 5.06. The summed E-state index contributed by atoms with van der Waals surface area (Å²) in [5, 5.41) is 0. The van der Waals surface area contributed by atoms with Gasteiger partial charge in [-0.15, -0.1) is 0 Å². The first-order chi connectivity index (χ1) is 6.20. The van der Waals surface area contributed by atoms with Gasteiger partial charge in [-0.05, 0) is 25.7 Å². The van der Waals surface area contributed by atoms with Gasteiger partial charge in [-0.1, -0.05) is 41.9 Å². The molecule has 1 unspecified atom stereocenters. The van der Waals surface area contributed by atoms with E-state index >= 15 is 0 Å². The molecule has 1 saturated carbocycles. The molecular weight excluding hydrogens is 279 g/mol. The van der Waals surface area contributed by atoms with Gasteiger partial charge >= 0.3 is 5.97 Å². The Balaban J connectivity index is 2.13. The van der Waals surface area contributed by atoms with Crippen LogP contribution in [0, 0.1) is 5.92 Å². The van der Waals surface area contributed by atoms with Crippen molar-refractivity contribution in [3.63, 3.8) is 0 Å². The van der Waals surface area contributed by atoms with Crippen LogP contribution in [-0.4, -0.2) is 16.5 Å². The van der Waals surface area contributed by atoms with E-state index in [9.17, 15) is 4.79 Å². The predicted octanol–water partition coefficient (Wildman–Crippen LogP) is 2.93. The largest absolute Gasteiger partial charge is 0.465 e. The van der Waals surface area contributed by atoms with Crippen molar-refractivity contribution in [1.82, 2.24) is 0 Å². The van der Waals surface area contributed by atoms with E-state index in [-0.39, 0.29) is 9.89 Å². The van der Waals surface area contributed by atoms with Gasteiger partial charge in [0.15, 0.2) is 0 Å². The molecule has 0 aliphatic heterocycles. The average Bonchev–Trinajstić information content (AvgIpc) is 2.15. The van der Waals surface area contributed by atoms with Crippen molar-refractivity contribution in [1.29, 1.82) is 0 Å². The molecule has 0 aromatic rings. The number of halogens is 1. The van der Waals surface area contributed by atoms with Crippen molar-refractivity contribution >= 4 is 28.6 Å². The second-order valence-electron chi connectivity index (χ2n) is 3.75. The fourth-order valence-corrected chi connectivity index (χ4v) is 1.85. The Bertz CT molecular complexity index is 162. The monoisotopic (exact) mass is 296 g/mol. The van der Waals surface area contributed by atoms with Gasteiger partial charge in [-0.25, -0.2) is 0 Å². The minimum absolute atomic E-state index is 0.0128. The minimum atomic E-state index is -0.0637. The number of esters is 1. The summed E-state index contributed by atoms with van der Waals surface area (Å²) < 4.78 is 5.18. The molecule has 0 radical (unpaired) electrons. The third-order valence-corrected chi connectivity index (χ3v) is 3.02. The van der Waals surface area contributed by atoms with Crippen LogP contribution in [0.15, 0.2) is 0 Å². The lowest BCUT2D eigenvalue weighted by Crippen LogP contribution is -2.20. The zero-order chi connectivity index (χ0) is 9.68. The maximum atomic E-state index is 11.2. The lowest BCUT2D eigenvalue weighted by atomic mass is 9.90. The van der Waals surface area contributed by atoms with Crippen LogP contribution in [0.1, 0.15) is 39.0 Å². The number of carbonyl (C=O) groups is 1. The van der Waals surface area contributed by atoms with Crippen LogP contribution in [-0.2, 0) is 9.53 Å². The summed E-state index contributed by atoms with van der Waals surface area (Å²) in [4.78, 5) is 11.2. The second-order valence-corrected chi connectivity index (χ2v) is 5.62. The Morgan fingerprint density at radius 3 is 2.62 bits per heavy atom. The van der Waals surface area contributed by atoms with Gasteiger partial charge < -0.3 is 4.74 Å². The molecule has 0 aromatic carbocycles. The minimum Gasteiger partial charge on any atom is -0.465 e. The third kappa shape index (κ3) is 4.29. The van der Waals surface area contributed by atoms with E-state index in [4.69, 9.17) is 4.74 Å². The van der Waals surface area contributed by atoms with Crippen molar-refractivity contribution in [2.45, 2.75) is 43.0 Å². The highest BCUT2D eigenvalue weighted by Crippen LogP contribution is 2.23. The molecular formula is C10H17IO2. The molecule has 1 aliphatic rings. The van der Waals surface area contributed by atoms with Crippen LogP contribution >= 0.6 is 22.6 Å². The maximum Gasteiger partial charge on any atom is 0.318 e. The summed E-state index contributed by atoms with van der Waals surface area (Å²) in [5.41, 5.74) is 0. The lowest BCUT2D eigenvalue weighted by molar-refractivity contribution is -0.143. The van der Waals surface area contributed by atoms with E-state index in [0.29, 0.717) is 12.5 Å². The Labute approximate surface area is 93.6 Å². The van der Waals surface area contributed by atoms with Gasteiger partial charge in [0.2, 0.25) is 0 Å². The zero-order valence-corrected chi connectivity index (χ0v) is 10.2. The van der Waals surface area contributed by atoms with E-state index < -0.39 is 0 Å². The molecule has 76 valence electrons. The molecule has 0 bridgehead atoms. The summed E-state index contributed by atoms with van der Waals surface area (Å²) in [7, 11) is 0. The molecule has 0 spiro atoms. The summed E-state index contributed by atoms with van der Waals surface area (Å²) in [6.45, 7) is 2.51. The van der Waals surface area contributed by atoms with Crippen molar-refractivity contribution in [2.75, 3.05) is 6.61 Å². The molecule has 1 aliphatic carbocycles. The molecule has 1 rings (SSSR count). The van der Waals surface area contributed by atoms with Crippen LogP contribution in [0.4, 0.5) is 0 Å². The summed E-state index contributed by atoms with van der Waals surface area (Å²) in [6, 6.07) is 0. The topological polar surface area (TPSA) is 26.3 Å². The normalized spacial score (nSPS) is 21.1. The Morgan fingerprint density at radius 1 is 1.46 bits per heavy atom. The highest BCUT2D eigenvalue weighted by atomic mass is 127. The van der Waals surface area contributed by atoms with E-state index in [1.54, 1.807) is 0 Å². The fraction of sp³-hybridized carbons (Fsp3) is 0.900. The maximum absolute atomic E-state index is 11.2. The number of hydrogen-bond acceptors (Lipinski definition) is 2. The highest BCUT2D eigenvalue weighted by Gasteiger charge is 2.16. The van der Waals surface area contributed by atoms with Gasteiger partial charge in [0.05, 0.1) is 6.61 Å². The lowest BCUT2D eigenvalue weighted by Gasteiger charge is -2.21. The molecule has 0 amide bonds. The number of hydrogen-bond donors (Lipinski definition) is 0. The van der Waals surface area contributed by atoms with E-state index in [2.05, 4.69) is 22.6 Å². The van der Waals surface area contributed by atoms with Crippen LogP contribution in [0.2, 0.25) is 0 Å². The molecule has 2 nitrogen and oxygen atoms in total. The summed E-state index contributed by atoms with van der Waals surface area (Å²) in [6.07, 6.45) is 6.45. The highest BCUT2D eigenvalue weighted by molar-refractivity contribution is 14.1. The Morgan fingerprint density at radius 2 is 2.08 bits per heavy atom. The molecule has 13 heavy (non-hydrogen) atoms. The van der Waals surface area contributed by atoms with E-state index in [1.807, 2.05) is 6.92 Å². The molecule has 0 heterocycles. The first-order valence-corrected chi connectivity index (χ1v) is 6.25. The number of alkyl halides is 1. The second kappa shape index (κ2) is 5.83. The van der Waals surface area contributed by atoms with Crippen LogP contribution in [0.25, 0.3) is 0 Å². The molecule has 1 atom stereocenters. The molecule has 0 N–H and O–H groups in total. The Hall–Kier alpha value is 0.200. The van der Waals surface area contributed by atoms with Gasteiger partial charge in [-0.3, -0.25) is 4.79 Å². The van der Waals surface area contributed by atoms with Gasteiger partial charge in [-0.2, -0.15) is 0 Å². The average molecular weight is 296 g/mol. The number of ether oxygens (including phenoxy) is 1. The SMILES string of the molecule is CC(I)C(=O)OCC1CCCCC1. The fourth-order valence-electron chi connectivity index (χ4n) is 1.67. The smallest absolute Gasteiger partial charge is 0.318 e. The first-order valence-electron chi connectivity index (χ1n) is 5.01. The van der Waals surface area contributed by atoms with E-state index in [1.165, 1.54) is 32.1 Å². The summed E-state index contributed by atoms with van der Waals surface area (Å²) >= 11 is 2.09. The molecule has 0 aromatic heterocycles. The van der Waals surface area contributed by atoms with Crippen LogP contribution < -0.4 is 0 Å². The standard InChI is InChI=1S/C10H17IO2/c1-8(11)10(12)13-7-9-5-3-2-4-6-9/h8-9H,2-7H2,1H3. The van der Waals surface area contributed by atoms with Crippen molar-refractivity contribution in [3.05, 3.63) is 0 Å². The zero-order valence-electron chi connectivity index (χ0n) is 8.09. The van der Waals surface area contributed by atoms with Crippen molar-refractivity contribution in [2.24, 2.45) is 5.92 Å². The van der Waals surface area contributed by atoms with Gasteiger partial charge in [0.1, 0.15) is 3.92 Å². The van der Waals surface area contributed by atoms with Crippen LogP contribution in [0.5, 0.6) is 0 Å². The quantitative estimate of drug-likeness (QED) is 0.455. The predicted molar refractivity (Wildman–Crippen MR) is 61.0 cm³/mol. The van der Waals surface area contributed by atoms with Gasteiger partial charge in [0, 0.05) is 0 Å². The third-order valence-electron chi connectivity index (χ3n) is 2.51. The molecule has 1 fully saturated rings. The van der Waals surface area contributed by atoms with Crippen molar-refractivity contribution in [3.8, 4) is 0 Å². The van der Waals surface area contributed by atoms with E-state index in [0.717, 1.165) is 0 Å². The number of rotatable bonds is 3. The molecule has 0 saturated heterocycles. The summed E-state index contributed by atoms with van der Waals surface area (Å²) in [5.74, 6) is 0.569. The van der Waals surface area contributed by atoms with Gasteiger partial charge in [0.25, 0.3) is 0 Å². The van der Waals surface area contributed by atoms with Crippen molar-refractivity contribution < 1.29 is 9.53 Å². The first kappa shape index (κ1) is 11.3.